The summed E-state index contributed by atoms with van der Waals surface area (Å²) in [6, 6.07) is 1.88. The Bertz CT molecular complexity index is 850. The Balaban J connectivity index is 1.99. The number of nitrogens with zero attached hydrogens (tertiary/aromatic N) is 4. The number of terminal acetylenes is 1. The fourth-order valence-corrected chi connectivity index (χ4v) is 3.33. The zero-order valence-electron chi connectivity index (χ0n) is 12.8. The van der Waals surface area contributed by atoms with Crippen LogP contribution in [0.3, 0.4) is 0 Å². The summed E-state index contributed by atoms with van der Waals surface area (Å²) in [5, 5.41) is 0.739. The number of pyridine rings is 1. The molecule has 6 nitrogen and oxygen atoms in total. The fourth-order valence-electron chi connectivity index (χ4n) is 2.34. The van der Waals surface area contributed by atoms with Crippen molar-refractivity contribution in [1.82, 2.24) is 14.9 Å². The lowest BCUT2D eigenvalue weighted by molar-refractivity contribution is -0.128. The van der Waals surface area contributed by atoms with Crippen molar-refractivity contribution in [3.8, 4) is 22.8 Å². The molecule has 3 rings (SSSR count). The third kappa shape index (κ3) is 2.69. The quantitative estimate of drug-likeness (QED) is 0.850. The van der Waals surface area contributed by atoms with Crippen LogP contribution in [0.25, 0.3) is 10.4 Å². The Morgan fingerprint density at radius 1 is 1.43 bits per heavy atom. The van der Waals surface area contributed by atoms with Gasteiger partial charge < -0.3 is 5.73 Å². The normalized spacial score (nSPS) is 21.0. The van der Waals surface area contributed by atoms with E-state index < -0.39 is 5.54 Å². The number of carbonyl (C=O) groups is 1. The Morgan fingerprint density at radius 3 is 2.91 bits per heavy atom. The highest BCUT2D eigenvalue weighted by molar-refractivity contribution is 7.15. The van der Waals surface area contributed by atoms with E-state index in [0.717, 1.165) is 15.4 Å². The Kier molecular flexibility index (Phi) is 3.62. The molecule has 2 N–H and O–H groups in total. The molecule has 7 heteroatoms. The van der Waals surface area contributed by atoms with Gasteiger partial charge in [0.05, 0.1) is 11.3 Å². The first-order chi connectivity index (χ1) is 10.9. The van der Waals surface area contributed by atoms with E-state index in [1.54, 1.807) is 25.6 Å². The van der Waals surface area contributed by atoms with Crippen molar-refractivity contribution in [3.63, 3.8) is 0 Å². The predicted molar refractivity (Wildman–Crippen MR) is 89.6 cm³/mol. The lowest BCUT2D eigenvalue weighted by atomic mass is 9.97. The maximum absolute atomic E-state index is 12.1. The zero-order valence-corrected chi connectivity index (χ0v) is 13.6. The molecule has 0 saturated heterocycles. The second-order valence-electron chi connectivity index (χ2n) is 5.51. The molecule has 1 aliphatic rings. The monoisotopic (exact) mass is 325 g/mol. The highest BCUT2D eigenvalue weighted by Crippen LogP contribution is 2.38. The average molecular weight is 325 g/mol. The number of aliphatic imine (C=N–C) groups is 1. The molecule has 23 heavy (non-hydrogen) atoms. The number of aromatic nitrogens is 2. The van der Waals surface area contributed by atoms with Crippen molar-refractivity contribution in [1.29, 1.82) is 0 Å². The van der Waals surface area contributed by atoms with E-state index in [0.29, 0.717) is 5.56 Å². The van der Waals surface area contributed by atoms with Crippen LogP contribution in [0.5, 0.6) is 0 Å². The molecule has 0 aliphatic carbocycles. The van der Waals surface area contributed by atoms with Gasteiger partial charge in [-0.25, -0.2) is 9.98 Å². The van der Waals surface area contributed by atoms with Crippen molar-refractivity contribution in [2.75, 3.05) is 7.05 Å². The van der Waals surface area contributed by atoms with Gasteiger partial charge in [-0.3, -0.25) is 14.7 Å². The van der Waals surface area contributed by atoms with E-state index in [2.05, 4.69) is 20.9 Å². The number of hydrogen-bond acceptors (Lipinski definition) is 6. The van der Waals surface area contributed by atoms with Crippen molar-refractivity contribution in [2.45, 2.75) is 18.9 Å². The smallest absolute Gasteiger partial charge is 0.231 e. The predicted octanol–water partition coefficient (Wildman–Crippen LogP) is 1.58. The maximum atomic E-state index is 12.1. The van der Waals surface area contributed by atoms with Crippen LogP contribution >= 0.6 is 11.3 Å². The third-order valence-electron chi connectivity index (χ3n) is 3.73. The van der Waals surface area contributed by atoms with Crippen molar-refractivity contribution < 1.29 is 4.79 Å². The highest BCUT2D eigenvalue weighted by Gasteiger charge is 2.38. The summed E-state index contributed by atoms with van der Waals surface area (Å²) >= 11 is 1.46. The van der Waals surface area contributed by atoms with Gasteiger partial charge in [-0.2, -0.15) is 0 Å². The molecule has 0 aromatic carbocycles. The first-order valence-corrected chi connectivity index (χ1v) is 7.75. The van der Waals surface area contributed by atoms with Crippen molar-refractivity contribution >= 4 is 23.2 Å². The number of amides is 1. The summed E-state index contributed by atoms with van der Waals surface area (Å²) in [5.74, 6) is 2.69. The summed E-state index contributed by atoms with van der Waals surface area (Å²) in [4.78, 5) is 27.4. The van der Waals surface area contributed by atoms with Gasteiger partial charge in [0.2, 0.25) is 5.91 Å². The fraction of sp³-hybridized carbons (Fsp3) is 0.250. The van der Waals surface area contributed by atoms with Gasteiger partial charge in [-0.1, -0.05) is 5.92 Å². The van der Waals surface area contributed by atoms with Gasteiger partial charge >= 0.3 is 0 Å². The summed E-state index contributed by atoms with van der Waals surface area (Å²) in [6.45, 7) is 1.86. The van der Waals surface area contributed by atoms with Crippen molar-refractivity contribution in [3.05, 3.63) is 35.2 Å². The first kappa shape index (κ1) is 15.2. The number of carbonyl (C=O) groups excluding carboxylic acids is 1. The molecule has 2 aromatic rings. The SMILES string of the molecule is C#Cc1cncc(-c2cnc([C@]3(C)CC(=O)N(C)C(N)=N3)s2)c1. The lowest BCUT2D eigenvalue weighted by Crippen LogP contribution is -2.47. The highest BCUT2D eigenvalue weighted by atomic mass is 32.1. The second-order valence-corrected chi connectivity index (χ2v) is 6.54. The Labute approximate surface area is 138 Å². The summed E-state index contributed by atoms with van der Waals surface area (Å²) in [6.07, 6.45) is 10.8. The van der Waals surface area contributed by atoms with Gasteiger partial charge in [0, 0.05) is 36.8 Å². The van der Waals surface area contributed by atoms with Gasteiger partial charge in [0.1, 0.15) is 10.5 Å². The van der Waals surface area contributed by atoms with Crippen LogP contribution in [0.4, 0.5) is 0 Å². The molecule has 0 unspecified atom stereocenters. The Hall–Kier alpha value is -2.72. The van der Waals surface area contributed by atoms with Gasteiger partial charge in [0.15, 0.2) is 5.96 Å². The number of guanidine groups is 1. The first-order valence-electron chi connectivity index (χ1n) is 6.93. The molecule has 1 aliphatic heterocycles. The molecule has 0 bridgehead atoms. The van der Waals surface area contributed by atoms with E-state index in [1.807, 2.05) is 13.0 Å². The number of hydrogen-bond donors (Lipinski definition) is 1. The van der Waals surface area contributed by atoms with E-state index in [4.69, 9.17) is 12.2 Å². The summed E-state index contributed by atoms with van der Waals surface area (Å²) < 4.78 is 0. The maximum Gasteiger partial charge on any atom is 0.231 e. The molecular weight excluding hydrogens is 310 g/mol. The number of nitrogens with two attached hydrogens (primary N) is 1. The molecule has 1 amide bonds. The van der Waals surface area contributed by atoms with Crippen LogP contribution in [-0.4, -0.2) is 33.8 Å². The minimum Gasteiger partial charge on any atom is -0.369 e. The van der Waals surface area contributed by atoms with Gasteiger partial charge in [-0.05, 0) is 13.0 Å². The third-order valence-corrected chi connectivity index (χ3v) is 5.03. The number of rotatable bonds is 2. The second kappa shape index (κ2) is 5.48. The number of thiazole rings is 1. The molecule has 0 saturated carbocycles. The molecule has 2 aromatic heterocycles. The minimum atomic E-state index is -0.742. The zero-order chi connectivity index (χ0) is 16.6. The lowest BCUT2D eigenvalue weighted by Gasteiger charge is -2.31. The van der Waals surface area contributed by atoms with Gasteiger partial charge in [0.25, 0.3) is 0 Å². The van der Waals surface area contributed by atoms with Gasteiger partial charge in [-0.15, -0.1) is 17.8 Å². The van der Waals surface area contributed by atoms with E-state index in [-0.39, 0.29) is 18.3 Å². The summed E-state index contributed by atoms with van der Waals surface area (Å²) in [5.41, 5.74) is 6.70. The topological polar surface area (TPSA) is 84.5 Å². The van der Waals surface area contributed by atoms with Crippen LogP contribution < -0.4 is 5.73 Å². The largest absolute Gasteiger partial charge is 0.369 e. The molecule has 116 valence electrons. The van der Waals surface area contributed by atoms with Crippen LogP contribution in [-0.2, 0) is 10.3 Å². The summed E-state index contributed by atoms with van der Waals surface area (Å²) in [7, 11) is 1.62. The van der Waals surface area contributed by atoms with E-state index in [1.165, 1.54) is 16.2 Å². The molecule has 0 spiro atoms. The van der Waals surface area contributed by atoms with Crippen LogP contribution in [0.1, 0.15) is 23.9 Å². The van der Waals surface area contributed by atoms with Crippen LogP contribution in [0.2, 0.25) is 0 Å². The molecule has 3 heterocycles. The molecular formula is C16H15N5OS. The average Bonchev–Trinajstić information content (AvgIpc) is 3.03. The minimum absolute atomic E-state index is 0.0762. The molecule has 0 fully saturated rings. The van der Waals surface area contributed by atoms with E-state index >= 15 is 0 Å². The van der Waals surface area contributed by atoms with Crippen molar-refractivity contribution in [2.24, 2.45) is 10.7 Å². The Morgan fingerprint density at radius 2 is 2.22 bits per heavy atom. The molecule has 0 radical (unpaired) electrons. The standard InChI is InChI=1S/C16H15N5OS/c1-4-10-5-11(8-18-7-10)12-9-19-14(23-12)16(2)6-13(22)21(3)15(17)20-16/h1,5,7-9H,6H2,2-3H3,(H2,17,20)/t16-/m0/s1. The van der Waals surface area contributed by atoms with E-state index in [9.17, 15) is 4.79 Å². The molecule has 1 atom stereocenters. The van der Waals surface area contributed by atoms with Crippen LogP contribution in [0.15, 0.2) is 29.6 Å². The van der Waals surface area contributed by atoms with Crippen LogP contribution in [0, 0.1) is 12.3 Å².